The molecule has 0 spiro atoms. The van der Waals surface area contributed by atoms with E-state index in [2.05, 4.69) is 20.4 Å². The molecule has 1 amide bonds. The number of aryl methyl sites for hydroxylation is 1. The van der Waals surface area contributed by atoms with Gasteiger partial charge in [0, 0.05) is 24.2 Å². The number of hydrogen-bond donors (Lipinski definition) is 1. The summed E-state index contributed by atoms with van der Waals surface area (Å²) in [4.78, 5) is 15.5. The second-order valence-corrected chi connectivity index (χ2v) is 8.72. The van der Waals surface area contributed by atoms with E-state index in [1.807, 2.05) is 43.3 Å². The molecule has 2 heterocycles. The largest absolute Gasteiger partial charge is 0.353 e. The molecule has 4 rings (SSSR count). The van der Waals surface area contributed by atoms with E-state index >= 15 is 0 Å². The number of rotatable bonds is 5. The lowest BCUT2D eigenvalue weighted by molar-refractivity contribution is -0.133. The third kappa shape index (κ3) is 4.14. The van der Waals surface area contributed by atoms with Crippen LogP contribution in [-0.2, 0) is 11.2 Å². The van der Waals surface area contributed by atoms with Crippen molar-refractivity contribution in [1.29, 1.82) is 0 Å². The second-order valence-electron chi connectivity index (χ2n) is 8.28. The zero-order chi connectivity index (χ0) is 19.6. The molecule has 28 heavy (non-hydrogen) atoms. The van der Waals surface area contributed by atoms with Crippen molar-refractivity contribution >= 4 is 23.3 Å². The van der Waals surface area contributed by atoms with Gasteiger partial charge in [0.1, 0.15) is 0 Å². The Morgan fingerprint density at radius 3 is 2.46 bits per heavy atom. The lowest BCUT2D eigenvalue weighted by Gasteiger charge is -2.50. The molecule has 1 saturated heterocycles. The number of carbonyl (C=O) groups is 1. The van der Waals surface area contributed by atoms with Gasteiger partial charge in [0.25, 0.3) is 0 Å². The predicted octanol–water partition coefficient (Wildman–Crippen LogP) is 3.94. The molecular formula is C22H27ClN4O. The molecular weight excluding hydrogens is 372 g/mol. The molecule has 1 aliphatic carbocycles. The molecule has 1 saturated carbocycles. The van der Waals surface area contributed by atoms with Crippen LogP contribution in [0.4, 0.5) is 5.82 Å². The number of hydrogen-bond acceptors (Lipinski definition) is 4. The van der Waals surface area contributed by atoms with Crippen LogP contribution in [-0.4, -0.2) is 35.2 Å². The second kappa shape index (κ2) is 8.08. The predicted molar refractivity (Wildman–Crippen MR) is 112 cm³/mol. The molecule has 1 aromatic carbocycles. The van der Waals surface area contributed by atoms with E-state index in [1.165, 1.54) is 19.3 Å². The molecule has 1 aromatic heterocycles. The molecule has 2 aliphatic rings. The first kappa shape index (κ1) is 19.2. The van der Waals surface area contributed by atoms with Gasteiger partial charge in [-0.05, 0) is 56.0 Å². The van der Waals surface area contributed by atoms with Crippen LogP contribution in [0.2, 0.25) is 5.02 Å². The molecule has 0 unspecified atom stereocenters. The molecule has 5 nitrogen and oxygen atoms in total. The van der Waals surface area contributed by atoms with Gasteiger partial charge in [0.15, 0.2) is 5.82 Å². The minimum atomic E-state index is -0.433. The molecule has 1 N–H and O–H groups in total. The third-order valence-corrected chi connectivity index (χ3v) is 6.22. The third-order valence-electron chi connectivity index (χ3n) is 5.97. The fraction of sp³-hybridized carbons (Fsp3) is 0.500. The van der Waals surface area contributed by atoms with Crippen molar-refractivity contribution in [2.45, 2.75) is 51.5 Å². The standard InChI is InChI=1S/C22H27ClN4O/c1-16-7-12-20(26-25-16)27-14-22(15-27,13-17-8-10-18(23)11-9-17)21(28)24-19-5-3-2-4-6-19/h7-12,19H,2-6,13-15H2,1H3,(H,24,28). The molecule has 148 valence electrons. The van der Waals surface area contributed by atoms with E-state index in [4.69, 9.17) is 11.6 Å². The molecule has 1 aliphatic heterocycles. The van der Waals surface area contributed by atoms with Gasteiger partial charge >= 0.3 is 0 Å². The maximum atomic E-state index is 13.3. The van der Waals surface area contributed by atoms with Crippen LogP contribution < -0.4 is 10.2 Å². The van der Waals surface area contributed by atoms with E-state index in [1.54, 1.807) is 0 Å². The Morgan fingerprint density at radius 2 is 1.82 bits per heavy atom. The first-order valence-electron chi connectivity index (χ1n) is 10.1. The summed E-state index contributed by atoms with van der Waals surface area (Å²) in [7, 11) is 0. The quantitative estimate of drug-likeness (QED) is 0.828. The van der Waals surface area contributed by atoms with Gasteiger partial charge in [-0.2, -0.15) is 5.10 Å². The van der Waals surface area contributed by atoms with E-state index in [0.717, 1.165) is 34.9 Å². The minimum absolute atomic E-state index is 0.172. The topological polar surface area (TPSA) is 58.1 Å². The Labute approximate surface area is 171 Å². The van der Waals surface area contributed by atoms with Crippen LogP contribution in [0.1, 0.15) is 43.4 Å². The summed E-state index contributed by atoms with van der Waals surface area (Å²) in [6, 6.07) is 12.1. The number of benzene rings is 1. The van der Waals surface area contributed by atoms with E-state index < -0.39 is 5.41 Å². The molecule has 0 radical (unpaired) electrons. The molecule has 6 heteroatoms. The molecule has 2 fully saturated rings. The van der Waals surface area contributed by atoms with Crippen LogP contribution in [0.3, 0.4) is 0 Å². The Hall–Kier alpha value is -2.14. The Bertz CT molecular complexity index is 809. The van der Waals surface area contributed by atoms with E-state index in [0.29, 0.717) is 25.6 Å². The SMILES string of the molecule is Cc1ccc(N2CC(Cc3ccc(Cl)cc3)(C(=O)NC3CCCCC3)C2)nn1. The highest BCUT2D eigenvalue weighted by Gasteiger charge is 2.50. The lowest BCUT2D eigenvalue weighted by Crippen LogP contribution is -2.65. The normalized spacial score (nSPS) is 19.1. The van der Waals surface area contributed by atoms with Crippen LogP contribution in [0, 0.1) is 12.3 Å². The number of nitrogens with one attached hydrogen (secondary N) is 1. The summed E-state index contributed by atoms with van der Waals surface area (Å²) in [5.74, 6) is 1.01. The van der Waals surface area contributed by atoms with Crippen molar-refractivity contribution in [3.8, 4) is 0 Å². The lowest BCUT2D eigenvalue weighted by atomic mass is 9.73. The fourth-order valence-corrected chi connectivity index (χ4v) is 4.45. The number of anilines is 1. The molecule has 0 atom stereocenters. The van der Waals surface area contributed by atoms with Gasteiger partial charge in [-0.1, -0.05) is 43.0 Å². The van der Waals surface area contributed by atoms with Gasteiger partial charge in [-0.25, -0.2) is 0 Å². The van der Waals surface area contributed by atoms with Crippen molar-refractivity contribution in [2.75, 3.05) is 18.0 Å². The minimum Gasteiger partial charge on any atom is -0.353 e. The number of halogens is 1. The van der Waals surface area contributed by atoms with Crippen molar-refractivity contribution in [2.24, 2.45) is 5.41 Å². The highest BCUT2D eigenvalue weighted by molar-refractivity contribution is 6.30. The molecule has 0 bridgehead atoms. The Balaban J connectivity index is 1.50. The highest BCUT2D eigenvalue weighted by Crippen LogP contribution is 2.37. The van der Waals surface area contributed by atoms with Gasteiger partial charge in [0.05, 0.1) is 11.1 Å². The van der Waals surface area contributed by atoms with Crippen molar-refractivity contribution in [3.05, 3.63) is 52.7 Å². The Kier molecular flexibility index (Phi) is 5.54. The van der Waals surface area contributed by atoms with Gasteiger partial charge < -0.3 is 10.2 Å². The molecule has 2 aromatic rings. The monoisotopic (exact) mass is 398 g/mol. The Morgan fingerprint density at radius 1 is 1.11 bits per heavy atom. The summed E-state index contributed by atoms with van der Waals surface area (Å²) >= 11 is 6.04. The van der Waals surface area contributed by atoms with Gasteiger partial charge in [-0.15, -0.1) is 5.10 Å². The average Bonchev–Trinajstić information content (AvgIpc) is 2.67. The zero-order valence-electron chi connectivity index (χ0n) is 16.3. The van der Waals surface area contributed by atoms with Crippen LogP contribution in [0.5, 0.6) is 0 Å². The summed E-state index contributed by atoms with van der Waals surface area (Å²) in [6.07, 6.45) is 6.59. The highest BCUT2D eigenvalue weighted by atomic mass is 35.5. The maximum Gasteiger partial charge on any atom is 0.230 e. The number of amides is 1. The first-order chi connectivity index (χ1) is 13.5. The summed E-state index contributed by atoms with van der Waals surface area (Å²) in [5, 5.41) is 12.5. The van der Waals surface area contributed by atoms with Crippen LogP contribution in [0.25, 0.3) is 0 Å². The number of carbonyl (C=O) groups excluding carboxylic acids is 1. The van der Waals surface area contributed by atoms with E-state index in [9.17, 15) is 4.79 Å². The zero-order valence-corrected chi connectivity index (χ0v) is 17.1. The number of aromatic nitrogens is 2. The first-order valence-corrected chi connectivity index (χ1v) is 10.5. The van der Waals surface area contributed by atoms with Crippen molar-refractivity contribution in [1.82, 2.24) is 15.5 Å². The van der Waals surface area contributed by atoms with Crippen molar-refractivity contribution in [3.63, 3.8) is 0 Å². The number of nitrogens with zero attached hydrogens (tertiary/aromatic N) is 3. The smallest absolute Gasteiger partial charge is 0.230 e. The average molecular weight is 399 g/mol. The van der Waals surface area contributed by atoms with Gasteiger partial charge in [0.2, 0.25) is 5.91 Å². The fourth-order valence-electron chi connectivity index (χ4n) is 4.32. The van der Waals surface area contributed by atoms with Gasteiger partial charge in [-0.3, -0.25) is 4.79 Å². The summed E-state index contributed by atoms with van der Waals surface area (Å²) in [5.41, 5.74) is 1.60. The summed E-state index contributed by atoms with van der Waals surface area (Å²) < 4.78 is 0. The van der Waals surface area contributed by atoms with Crippen molar-refractivity contribution < 1.29 is 4.79 Å². The van der Waals surface area contributed by atoms with E-state index in [-0.39, 0.29) is 5.91 Å². The maximum absolute atomic E-state index is 13.3. The van der Waals surface area contributed by atoms with Crippen LogP contribution >= 0.6 is 11.6 Å². The van der Waals surface area contributed by atoms with Crippen LogP contribution in [0.15, 0.2) is 36.4 Å². The summed E-state index contributed by atoms with van der Waals surface area (Å²) in [6.45, 7) is 3.24.